The molecule has 1 aromatic heterocycles. The maximum atomic E-state index is 14.9. The van der Waals surface area contributed by atoms with Crippen molar-refractivity contribution in [3.05, 3.63) is 40.2 Å². The second-order valence-electron chi connectivity index (χ2n) is 9.39. The molecule has 0 atom stereocenters. The largest absolute Gasteiger partial charge is 0.490 e. The van der Waals surface area contributed by atoms with Crippen molar-refractivity contribution in [2.45, 2.75) is 123 Å². The first-order valence-electron chi connectivity index (χ1n) is 13.5. The molecule has 3 nitrogen and oxygen atoms in total. The number of hydrogen-bond acceptors (Lipinski definition) is 3. The number of halogens is 1. The average molecular weight is 461 g/mol. The molecule has 0 saturated heterocycles. The molecule has 0 bridgehead atoms. The van der Waals surface area contributed by atoms with Crippen molar-refractivity contribution in [2.75, 3.05) is 6.61 Å². The van der Waals surface area contributed by atoms with E-state index in [-0.39, 0.29) is 11.1 Å². The average Bonchev–Trinajstić information content (AvgIpc) is 2.80. The van der Waals surface area contributed by atoms with E-state index in [4.69, 9.17) is 9.15 Å². The summed E-state index contributed by atoms with van der Waals surface area (Å²) < 4.78 is 26.0. The molecular formula is C29H45FO3. The van der Waals surface area contributed by atoms with Gasteiger partial charge in [0.15, 0.2) is 11.6 Å². The van der Waals surface area contributed by atoms with E-state index >= 15 is 0 Å². The Kier molecular flexibility index (Phi) is 13.9. The molecule has 1 heterocycles. The lowest BCUT2D eigenvalue weighted by Gasteiger charge is -2.09. The number of aryl methyl sites for hydroxylation is 1. The van der Waals surface area contributed by atoms with Gasteiger partial charge in [-0.15, -0.1) is 0 Å². The van der Waals surface area contributed by atoms with Crippen LogP contribution in [0, 0.1) is 5.82 Å². The Bertz CT molecular complexity index is 843. The van der Waals surface area contributed by atoms with E-state index in [1.165, 1.54) is 77.0 Å². The fraction of sp³-hybridized carbons (Fsp3) is 0.690. The van der Waals surface area contributed by atoms with Gasteiger partial charge in [0.2, 0.25) is 0 Å². The quantitative estimate of drug-likeness (QED) is 0.196. The lowest BCUT2D eigenvalue weighted by molar-refractivity contribution is 0.291. The molecule has 0 fully saturated rings. The summed E-state index contributed by atoms with van der Waals surface area (Å²) >= 11 is 0. The summed E-state index contributed by atoms with van der Waals surface area (Å²) in [5.41, 5.74) is -0.600. The van der Waals surface area contributed by atoms with Gasteiger partial charge in [-0.2, -0.15) is 0 Å². The van der Waals surface area contributed by atoms with Crippen LogP contribution < -0.4 is 10.4 Å². The van der Waals surface area contributed by atoms with Crippen LogP contribution in [0.5, 0.6) is 5.75 Å². The third-order valence-corrected chi connectivity index (χ3v) is 6.42. The number of rotatable bonds is 19. The van der Waals surface area contributed by atoms with Crippen LogP contribution in [0.15, 0.2) is 27.4 Å². The minimum absolute atomic E-state index is 0.00268. The van der Waals surface area contributed by atoms with Gasteiger partial charge in [-0.25, -0.2) is 9.18 Å². The SMILES string of the molecule is CCCCCCCCCCCc1cc2ccc(OCCCCCCCCC)c(F)c2c(=O)o1. The molecule has 0 amide bonds. The first-order chi connectivity index (χ1) is 16.2. The number of unbranched alkanes of at least 4 members (excludes halogenated alkanes) is 14. The maximum absolute atomic E-state index is 14.9. The van der Waals surface area contributed by atoms with Crippen molar-refractivity contribution >= 4 is 10.8 Å². The minimum Gasteiger partial charge on any atom is -0.490 e. The summed E-state index contributed by atoms with van der Waals surface area (Å²) in [6.45, 7) is 4.92. The smallest absolute Gasteiger partial charge is 0.346 e. The topological polar surface area (TPSA) is 39.4 Å². The molecule has 1 aromatic carbocycles. The Morgan fingerprint density at radius 3 is 1.91 bits per heavy atom. The van der Waals surface area contributed by atoms with E-state index in [1.807, 2.05) is 6.07 Å². The van der Waals surface area contributed by atoms with Gasteiger partial charge in [0, 0.05) is 6.42 Å². The zero-order chi connectivity index (χ0) is 23.7. The predicted octanol–water partition coefficient (Wildman–Crippen LogP) is 9.13. The van der Waals surface area contributed by atoms with E-state index in [2.05, 4.69) is 13.8 Å². The van der Waals surface area contributed by atoms with Gasteiger partial charge in [-0.1, -0.05) is 110 Å². The number of fused-ring (bicyclic) bond motifs is 1. The highest BCUT2D eigenvalue weighted by Crippen LogP contribution is 2.26. The van der Waals surface area contributed by atoms with Crippen LogP contribution >= 0.6 is 0 Å². The molecule has 0 radical (unpaired) electrons. The molecule has 0 spiro atoms. The Balaban J connectivity index is 1.77. The molecule has 0 N–H and O–H groups in total. The molecule has 33 heavy (non-hydrogen) atoms. The van der Waals surface area contributed by atoms with Crippen molar-refractivity contribution in [3.8, 4) is 5.75 Å². The maximum Gasteiger partial charge on any atom is 0.346 e. The molecule has 4 heteroatoms. The summed E-state index contributed by atoms with van der Waals surface area (Å²) in [5.74, 6) is 0.192. The molecule has 0 unspecified atom stereocenters. The van der Waals surface area contributed by atoms with Crippen LogP contribution in [0.4, 0.5) is 4.39 Å². The van der Waals surface area contributed by atoms with Crippen LogP contribution in [0.1, 0.15) is 122 Å². The normalized spacial score (nSPS) is 11.4. The highest BCUT2D eigenvalue weighted by atomic mass is 19.1. The first kappa shape index (κ1) is 27.4. The van der Waals surface area contributed by atoms with Crippen LogP contribution in [0.25, 0.3) is 10.8 Å². The van der Waals surface area contributed by atoms with Gasteiger partial charge < -0.3 is 9.15 Å². The lowest BCUT2D eigenvalue weighted by Crippen LogP contribution is -2.07. The van der Waals surface area contributed by atoms with Crippen molar-refractivity contribution in [3.63, 3.8) is 0 Å². The lowest BCUT2D eigenvalue weighted by atomic mass is 10.1. The number of hydrogen-bond donors (Lipinski definition) is 0. The Labute approximate surface area is 200 Å². The van der Waals surface area contributed by atoms with Crippen molar-refractivity contribution in [2.24, 2.45) is 0 Å². The summed E-state index contributed by atoms with van der Waals surface area (Å²) in [6.07, 6.45) is 20.2. The van der Waals surface area contributed by atoms with Crippen LogP contribution in [0.3, 0.4) is 0 Å². The second kappa shape index (κ2) is 16.7. The highest BCUT2D eigenvalue weighted by Gasteiger charge is 2.14. The fourth-order valence-corrected chi connectivity index (χ4v) is 4.36. The van der Waals surface area contributed by atoms with E-state index in [0.717, 1.165) is 32.1 Å². The highest BCUT2D eigenvalue weighted by molar-refractivity contribution is 5.83. The monoisotopic (exact) mass is 460 g/mol. The molecule has 186 valence electrons. The Morgan fingerprint density at radius 1 is 0.758 bits per heavy atom. The van der Waals surface area contributed by atoms with Gasteiger partial charge in [-0.3, -0.25) is 0 Å². The van der Waals surface area contributed by atoms with Crippen molar-refractivity contribution in [1.29, 1.82) is 0 Å². The third kappa shape index (κ3) is 10.3. The molecule has 2 aromatic rings. The first-order valence-corrected chi connectivity index (χ1v) is 13.5. The van der Waals surface area contributed by atoms with Gasteiger partial charge in [0.05, 0.1) is 6.61 Å². The summed E-state index contributed by atoms with van der Waals surface area (Å²) in [5, 5.41) is 0.598. The summed E-state index contributed by atoms with van der Waals surface area (Å²) in [7, 11) is 0. The Hall–Kier alpha value is -1.84. The van der Waals surface area contributed by atoms with E-state index in [0.29, 0.717) is 17.8 Å². The van der Waals surface area contributed by atoms with Gasteiger partial charge >= 0.3 is 5.63 Å². The van der Waals surface area contributed by atoms with E-state index in [1.54, 1.807) is 12.1 Å². The van der Waals surface area contributed by atoms with Crippen molar-refractivity contribution < 1.29 is 13.5 Å². The standard InChI is InChI=1S/C29H45FO3/c1-3-5-7-9-11-12-13-15-17-19-25-23-24-20-21-26(28(30)27(24)29(31)33-25)32-22-18-16-14-10-8-6-4-2/h20-21,23H,3-19,22H2,1-2H3. The third-order valence-electron chi connectivity index (χ3n) is 6.42. The zero-order valence-corrected chi connectivity index (χ0v) is 21.1. The Morgan fingerprint density at radius 2 is 1.30 bits per heavy atom. The van der Waals surface area contributed by atoms with Gasteiger partial charge in [0.25, 0.3) is 0 Å². The van der Waals surface area contributed by atoms with Crippen LogP contribution in [-0.4, -0.2) is 6.61 Å². The zero-order valence-electron chi connectivity index (χ0n) is 21.1. The summed E-state index contributed by atoms with van der Waals surface area (Å²) in [6, 6.07) is 5.22. The molecule has 0 aliphatic carbocycles. The minimum atomic E-state index is -0.600. The summed E-state index contributed by atoms with van der Waals surface area (Å²) in [4.78, 5) is 12.5. The van der Waals surface area contributed by atoms with Crippen LogP contribution in [-0.2, 0) is 6.42 Å². The number of benzene rings is 1. The van der Waals surface area contributed by atoms with E-state index in [9.17, 15) is 9.18 Å². The molecular weight excluding hydrogens is 415 g/mol. The fourth-order valence-electron chi connectivity index (χ4n) is 4.36. The van der Waals surface area contributed by atoms with E-state index < -0.39 is 11.4 Å². The van der Waals surface area contributed by atoms with Gasteiger partial charge in [-0.05, 0) is 30.4 Å². The predicted molar refractivity (Wildman–Crippen MR) is 137 cm³/mol. The van der Waals surface area contributed by atoms with Gasteiger partial charge in [0.1, 0.15) is 11.1 Å². The number of ether oxygens (including phenoxy) is 1. The molecule has 0 aliphatic rings. The van der Waals surface area contributed by atoms with Crippen LogP contribution in [0.2, 0.25) is 0 Å². The molecule has 0 saturated carbocycles. The molecule has 2 rings (SSSR count). The second-order valence-corrected chi connectivity index (χ2v) is 9.39. The molecule has 0 aliphatic heterocycles. The van der Waals surface area contributed by atoms with Crippen molar-refractivity contribution in [1.82, 2.24) is 0 Å².